The number of hydrogen-bond donors (Lipinski definition) is 1. The van der Waals surface area contributed by atoms with Gasteiger partial charge in [-0.15, -0.1) is 0 Å². The molecule has 4 saturated carbocycles. The second kappa shape index (κ2) is 6.70. The molecule has 0 radical (unpaired) electrons. The fourth-order valence-corrected chi connectivity index (χ4v) is 10.3. The van der Waals surface area contributed by atoms with Crippen LogP contribution >= 0.6 is 0 Å². The van der Waals surface area contributed by atoms with Crippen LogP contribution in [0.2, 0.25) is 0 Å². The van der Waals surface area contributed by atoms with Gasteiger partial charge in [0, 0.05) is 12.3 Å². The average Bonchev–Trinajstić information content (AvgIpc) is 3.16. The summed E-state index contributed by atoms with van der Waals surface area (Å²) >= 11 is 0. The Labute approximate surface area is 183 Å². The van der Waals surface area contributed by atoms with Crippen molar-refractivity contribution in [2.24, 2.45) is 52.3 Å². The Balaban J connectivity index is 1.26. The van der Waals surface area contributed by atoms with Crippen LogP contribution in [0, 0.1) is 52.3 Å². The molecule has 0 aromatic heterocycles. The molecule has 6 fully saturated rings. The summed E-state index contributed by atoms with van der Waals surface area (Å²) in [5.74, 6) is 4.93. The number of rotatable bonds is 0. The second-order valence-corrected chi connectivity index (χ2v) is 13.1. The number of aliphatic hydroxyl groups excluding tert-OH is 1. The van der Waals surface area contributed by atoms with Crippen LogP contribution < -0.4 is 0 Å². The highest BCUT2D eigenvalue weighted by Gasteiger charge is 2.69. The first kappa shape index (κ1) is 20.5. The van der Waals surface area contributed by atoms with Gasteiger partial charge in [-0.3, -0.25) is 0 Å². The van der Waals surface area contributed by atoms with E-state index >= 15 is 0 Å². The predicted molar refractivity (Wildman–Crippen MR) is 118 cm³/mol. The Hall–Kier alpha value is -0.120. The van der Waals surface area contributed by atoms with Crippen molar-refractivity contribution in [3.05, 3.63) is 0 Å². The summed E-state index contributed by atoms with van der Waals surface area (Å²) in [6.07, 6.45) is 12.9. The number of hydrogen-bond acceptors (Lipinski definition) is 3. The molecule has 30 heavy (non-hydrogen) atoms. The van der Waals surface area contributed by atoms with E-state index in [4.69, 9.17) is 9.47 Å². The highest BCUT2D eigenvalue weighted by atomic mass is 16.7. The van der Waals surface area contributed by atoms with Gasteiger partial charge in [-0.1, -0.05) is 27.7 Å². The maximum Gasteiger partial charge on any atom is 0.171 e. The topological polar surface area (TPSA) is 38.7 Å². The molecule has 6 rings (SSSR count). The second-order valence-electron chi connectivity index (χ2n) is 13.1. The molecule has 2 aliphatic heterocycles. The van der Waals surface area contributed by atoms with Crippen LogP contribution in [0.5, 0.6) is 0 Å². The molecule has 1 N–H and O–H groups in total. The third kappa shape index (κ3) is 2.61. The maximum absolute atomic E-state index is 10.3. The number of aliphatic hydroxyl groups is 1. The highest BCUT2D eigenvalue weighted by Crippen LogP contribution is 2.71. The van der Waals surface area contributed by atoms with Crippen molar-refractivity contribution in [2.45, 2.75) is 110 Å². The number of ether oxygens (including phenoxy) is 2. The zero-order valence-corrected chi connectivity index (χ0v) is 19.7. The van der Waals surface area contributed by atoms with Crippen LogP contribution in [0.1, 0.15) is 91.9 Å². The third-order valence-electron chi connectivity index (χ3n) is 11.9. The molecule has 170 valence electrons. The van der Waals surface area contributed by atoms with E-state index in [0.29, 0.717) is 34.7 Å². The quantitative estimate of drug-likeness (QED) is 0.543. The number of fused-ring (bicyclic) bond motifs is 7. The summed E-state index contributed by atoms with van der Waals surface area (Å²) in [5.41, 5.74) is 0.899. The lowest BCUT2D eigenvalue weighted by Gasteiger charge is -2.61. The first-order valence-corrected chi connectivity index (χ1v) is 13.3. The Kier molecular flexibility index (Phi) is 4.58. The molecular weight excluding hydrogens is 372 g/mol. The van der Waals surface area contributed by atoms with E-state index in [2.05, 4.69) is 27.7 Å². The molecule has 3 nitrogen and oxygen atoms in total. The smallest absolute Gasteiger partial charge is 0.171 e. The van der Waals surface area contributed by atoms with E-state index in [0.717, 1.165) is 49.5 Å². The summed E-state index contributed by atoms with van der Waals surface area (Å²) in [7, 11) is 0. The van der Waals surface area contributed by atoms with E-state index in [1.807, 2.05) is 0 Å². The van der Waals surface area contributed by atoms with E-state index in [1.54, 1.807) is 0 Å². The van der Waals surface area contributed by atoms with Crippen LogP contribution in [0.25, 0.3) is 0 Å². The van der Waals surface area contributed by atoms with E-state index in [9.17, 15) is 5.11 Å². The third-order valence-corrected chi connectivity index (χ3v) is 11.9. The van der Waals surface area contributed by atoms with Crippen molar-refractivity contribution in [1.82, 2.24) is 0 Å². The minimum atomic E-state index is -0.282. The molecule has 1 spiro atoms. The summed E-state index contributed by atoms with van der Waals surface area (Å²) in [4.78, 5) is 0. The van der Waals surface area contributed by atoms with Crippen LogP contribution in [-0.4, -0.2) is 29.7 Å². The molecule has 2 saturated heterocycles. The van der Waals surface area contributed by atoms with Gasteiger partial charge in [0.15, 0.2) is 5.79 Å². The summed E-state index contributed by atoms with van der Waals surface area (Å²) in [6, 6.07) is 0. The van der Waals surface area contributed by atoms with Crippen LogP contribution in [0.4, 0.5) is 0 Å². The van der Waals surface area contributed by atoms with E-state index in [-0.39, 0.29) is 11.9 Å². The standard InChI is InChI=1S/C27H44O3/c1-16-7-12-27(29-15-16)17(2)24-23(30-27)14-22-20-6-5-18-13-19(28)8-10-25(18,3)21(20)9-11-26(22,24)4/h16-24,28H,5-15H2,1-4H3/t16-,17-,18+,19-,20+,21+,22+,23-,24-,25-,26-,27+/m0/s1. The van der Waals surface area contributed by atoms with E-state index < -0.39 is 0 Å². The molecule has 4 aliphatic carbocycles. The normalized spacial score (nSPS) is 62.5. The lowest BCUT2D eigenvalue weighted by molar-refractivity contribution is -0.273. The van der Waals surface area contributed by atoms with Crippen molar-refractivity contribution in [2.75, 3.05) is 6.61 Å². The predicted octanol–water partition coefficient (Wildman–Crippen LogP) is 5.79. The molecule has 0 unspecified atom stereocenters. The van der Waals surface area contributed by atoms with Gasteiger partial charge in [-0.2, -0.15) is 0 Å². The van der Waals surface area contributed by atoms with E-state index in [1.165, 1.54) is 44.9 Å². The van der Waals surface area contributed by atoms with Gasteiger partial charge in [0.1, 0.15) is 0 Å². The highest BCUT2D eigenvalue weighted by molar-refractivity contribution is 5.15. The zero-order valence-electron chi connectivity index (χ0n) is 19.7. The Bertz CT molecular complexity index is 684. The summed E-state index contributed by atoms with van der Waals surface area (Å²) < 4.78 is 13.4. The lowest BCUT2D eigenvalue weighted by Crippen LogP contribution is -2.55. The first-order chi connectivity index (χ1) is 14.3. The van der Waals surface area contributed by atoms with Gasteiger partial charge in [-0.05, 0) is 104 Å². The molecular formula is C27H44O3. The molecule has 6 aliphatic rings. The van der Waals surface area contributed by atoms with Gasteiger partial charge in [-0.25, -0.2) is 0 Å². The average molecular weight is 417 g/mol. The van der Waals surface area contributed by atoms with Gasteiger partial charge in [0.25, 0.3) is 0 Å². The zero-order chi connectivity index (χ0) is 20.9. The van der Waals surface area contributed by atoms with Crippen molar-refractivity contribution in [3.8, 4) is 0 Å². The lowest BCUT2D eigenvalue weighted by atomic mass is 9.44. The van der Waals surface area contributed by atoms with Gasteiger partial charge in [0.05, 0.1) is 18.8 Å². The molecule has 0 aromatic carbocycles. The van der Waals surface area contributed by atoms with Crippen molar-refractivity contribution in [3.63, 3.8) is 0 Å². The largest absolute Gasteiger partial charge is 0.393 e. The summed E-state index contributed by atoms with van der Waals surface area (Å²) in [5, 5.41) is 10.3. The molecule has 0 aromatic rings. The fraction of sp³-hybridized carbons (Fsp3) is 1.00. The van der Waals surface area contributed by atoms with Gasteiger partial charge < -0.3 is 14.6 Å². The summed E-state index contributed by atoms with van der Waals surface area (Å²) in [6.45, 7) is 10.9. The Morgan fingerprint density at radius 3 is 2.40 bits per heavy atom. The van der Waals surface area contributed by atoms with Crippen LogP contribution in [-0.2, 0) is 9.47 Å². The maximum atomic E-state index is 10.3. The van der Waals surface area contributed by atoms with Crippen molar-refractivity contribution >= 4 is 0 Å². The van der Waals surface area contributed by atoms with Gasteiger partial charge >= 0.3 is 0 Å². The minimum Gasteiger partial charge on any atom is -0.393 e. The Morgan fingerprint density at radius 1 is 0.833 bits per heavy atom. The molecule has 0 amide bonds. The van der Waals surface area contributed by atoms with Crippen LogP contribution in [0.3, 0.4) is 0 Å². The SMILES string of the molecule is C[C@H]1CC[C@@]2(OC1)O[C@H]1C[C@@H]3[C@@H]4CC[C@@H]5C[C@@H](O)CC[C@]5(C)[C@@H]4CC[C@]3(C)[C@H]1[C@@H]2C. The minimum absolute atomic E-state index is 0.0389. The monoisotopic (exact) mass is 416 g/mol. The van der Waals surface area contributed by atoms with Crippen LogP contribution in [0.15, 0.2) is 0 Å². The van der Waals surface area contributed by atoms with Crippen molar-refractivity contribution in [1.29, 1.82) is 0 Å². The van der Waals surface area contributed by atoms with Gasteiger partial charge in [0.2, 0.25) is 0 Å². The molecule has 12 atom stereocenters. The Morgan fingerprint density at radius 2 is 1.63 bits per heavy atom. The van der Waals surface area contributed by atoms with Crippen molar-refractivity contribution < 1.29 is 14.6 Å². The first-order valence-electron chi connectivity index (χ1n) is 13.3. The molecule has 3 heteroatoms. The molecule has 2 heterocycles. The molecule has 0 bridgehead atoms. The fourth-order valence-electron chi connectivity index (χ4n) is 10.3.